The summed E-state index contributed by atoms with van der Waals surface area (Å²) in [7, 11) is -3.31. The molecular formula is C13H21BrN2O2S2. The van der Waals surface area contributed by atoms with Crippen molar-refractivity contribution in [1.82, 2.24) is 9.62 Å². The summed E-state index contributed by atoms with van der Waals surface area (Å²) in [6.45, 7) is 7.24. The minimum Gasteiger partial charge on any atom is -0.317 e. The van der Waals surface area contributed by atoms with Crippen molar-refractivity contribution in [3.8, 4) is 0 Å². The lowest BCUT2D eigenvalue weighted by atomic mass is 9.98. The predicted molar refractivity (Wildman–Crippen MR) is 86.8 cm³/mol. The molecule has 1 aliphatic heterocycles. The van der Waals surface area contributed by atoms with Gasteiger partial charge in [-0.2, -0.15) is 4.31 Å². The third kappa shape index (κ3) is 3.62. The number of rotatable bonds is 5. The van der Waals surface area contributed by atoms with Gasteiger partial charge in [0.2, 0.25) is 0 Å². The van der Waals surface area contributed by atoms with Crippen molar-refractivity contribution in [2.45, 2.75) is 30.9 Å². The molecule has 2 rings (SSSR count). The minimum atomic E-state index is -3.31. The van der Waals surface area contributed by atoms with Crippen LogP contribution in [0, 0.1) is 12.8 Å². The number of hydrogen-bond acceptors (Lipinski definition) is 4. The number of nitrogens with one attached hydrogen (secondary N) is 1. The molecule has 0 aromatic carbocycles. The molecule has 1 aliphatic rings. The molecule has 0 spiro atoms. The van der Waals surface area contributed by atoms with E-state index in [2.05, 4.69) is 28.2 Å². The predicted octanol–water partition coefficient (Wildman–Crippen LogP) is 2.83. The van der Waals surface area contributed by atoms with Gasteiger partial charge in [-0.3, -0.25) is 0 Å². The van der Waals surface area contributed by atoms with Gasteiger partial charge in [-0.25, -0.2) is 8.42 Å². The molecule has 0 atom stereocenters. The molecule has 0 bridgehead atoms. The zero-order chi connectivity index (χ0) is 14.8. The summed E-state index contributed by atoms with van der Waals surface area (Å²) < 4.78 is 28.1. The number of hydrogen-bond donors (Lipinski definition) is 1. The second-order valence-electron chi connectivity index (χ2n) is 5.18. The van der Waals surface area contributed by atoms with E-state index in [0.717, 1.165) is 35.3 Å². The fourth-order valence-corrected chi connectivity index (χ4v) is 6.24. The fourth-order valence-electron chi connectivity index (χ4n) is 2.39. The van der Waals surface area contributed by atoms with Gasteiger partial charge in [-0.1, -0.05) is 6.92 Å². The van der Waals surface area contributed by atoms with Crippen LogP contribution in [0.2, 0.25) is 0 Å². The van der Waals surface area contributed by atoms with Gasteiger partial charge in [-0.05, 0) is 66.3 Å². The van der Waals surface area contributed by atoms with E-state index in [0.29, 0.717) is 23.2 Å². The summed E-state index contributed by atoms with van der Waals surface area (Å²) in [6.07, 6.45) is 1.88. The van der Waals surface area contributed by atoms with Crippen LogP contribution in [-0.4, -0.2) is 38.9 Å². The Bertz CT molecular complexity index is 529. The Morgan fingerprint density at radius 3 is 2.60 bits per heavy atom. The zero-order valence-electron chi connectivity index (χ0n) is 11.9. The molecule has 1 aromatic rings. The van der Waals surface area contributed by atoms with Crippen molar-refractivity contribution in [2.75, 3.05) is 26.2 Å². The highest BCUT2D eigenvalue weighted by Crippen LogP contribution is 2.33. The number of nitrogens with zero attached hydrogens (tertiary/aromatic N) is 1. The molecule has 0 radical (unpaired) electrons. The second-order valence-corrected chi connectivity index (χ2v) is 9.71. The average Bonchev–Trinajstić information content (AvgIpc) is 2.77. The Balaban J connectivity index is 2.02. The Kier molecular flexibility index (Phi) is 5.64. The van der Waals surface area contributed by atoms with Gasteiger partial charge in [0.25, 0.3) is 10.0 Å². The molecule has 0 amide bonds. The highest BCUT2D eigenvalue weighted by Gasteiger charge is 2.30. The van der Waals surface area contributed by atoms with Crippen LogP contribution >= 0.6 is 27.3 Å². The van der Waals surface area contributed by atoms with Crippen LogP contribution in [0.5, 0.6) is 0 Å². The van der Waals surface area contributed by atoms with E-state index in [4.69, 9.17) is 0 Å². The third-order valence-corrected chi connectivity index (χ3v) is 8.17. The van der Waals surface area contributed by atoms with E-state index in [1.807, 2.05) is 6.92 Å². The van der Waals surface area contributed by atoms with E-state index in [9.17, 15) is 8.42 Å². The van der Waals surface area contributed by atoms with Crippen LogP contribution in [0.15, 0.2) is 14.1 Å². The lowest BCUT2D eigenvalue weighted by Gasteiger charge is -2.30. The van der Waals surface area contributed by atoms with Crippen LogP contribution in [0.1, 0.15) is 25.3 Å². The Labute approximate surface area is 133 Å². The van der Waals surface area contributed by atoms with E-state index >= 15 is 0 Å². The van der Waals surface area contributed by atoms with Crippen LogP contribution < -0.4 is 5.32 Å². The van der Waals surface area contributed by atoms with Crippen molar-refractivity contribution in [3.63, 3.8) is 0 Å². The van der Waals surface area contributed by atoms with Crippen molar-refractivity contribution in [1.29, 1.82) is 0 Å². The maximum atomic E-state index is 12.6. The molecule has 1 aromatic heterocycles. The third-order valence-electron chi connectivity index (χ3n) is 3.69. The fraction of sp³-hybridized carbons (Fsp3) is 0.692. The first kappa shape index (κ1) is 16.4. The van der Waals surface area contributed by atoms with Gasteiger partial charge in [0.05, 0.1) is 3.79 Å². The van der Waals surface area contributed by atoms with Gasteiger partial charge in [0, 0.05) is 13.1 Å². The highest BCUT2D eigenvalue weighted by molar-refractivity contribution is 9.11. The number of sulfonamides is 1. The lowest BCUT2D eigenvalue weighted by molar-refractivity contribution is 0.269. The standard InChI is InChI=1S/C13H21BrN2O2S2/c1-3-15-9-11-4-6-16(7-5-11)20(17,18)12-8-10(2)13(14)19-12/h8,11,15H,3-7,9H2,1-2H3. The van der Waals surface area contributed by atoms with Gasteiger partial charge >= 0.3 is 0 Å². The highest BCUT2D eigenvalue weighted by atomic mass is 79.9. The topological polar surface area (TPSA) is 49.4 Å². The molecular weight excluding hydrogens is 360 g/mol. The molecule has 20 heavy (non-hydrogen) atoms. The number of halogens is 1. The Hall–Kier alpha value is 0.0500. The number of thiophene rings is 1. The summed E-state index contributed by atoms with van der Waals surface area (Å²) >= 11 is 4.70. The molecule has 2 heterocycles. The molecule has 0 saturated carbocycles. The second kappa shape index (κ2) is 6.87. The van der Waals surface area contributed by atoms with Crippen molar-refractivity contribution in [2.24, 2.45) is 5.92 Å². The normalized spacial score (nSPS) is 18.6. The monoisotopic (exact) mass is 380 g/mol. The van der Waals surface area contributed by atoms with Crippen LogP contribution in [0.3, 0.4) is 0 Å². The van der Waals surface area contributed by atoms with E-state index in [1.54, 1.807) is 10.4 Å². The molecule has 1 saturated heterocycles. The SMILES string of the molecule is CCNCC1CCN(S(=O)(=O)c2cc(C)c(Br)s2)CC1. The average molecular weight is 381 g/mol. The smallest absolute Gasteiger partial charge is 0.252 e. The van der Waals surface area contributed by atoms with E-state index in [-0.39, 0.29) is 0 Å². The largest absolute Gasteiger partial charge is 0.317 e. The summed E-state index contributed by atoms with van der Waals surface area (Å²) in [6, 6.07) is 1.76. The zero-order valence-corrected chi connectivity index (χ0v) is 15.1. The van der Waals surface area contributed by atoms with Crippen molar-refractivity contribution < 1.29 is 8.42 Å². The van der Waals surface area contributed by atoms with Crippen LogP contribution in [0.4, 0.5) is 0 Å². The first-order valence-corrected chi connectivity index (χ1v) is 9.97. The first-order chi connectivity index (χ1) is 9.45. The van der Waals surface area contributed by atoms with Crippen LogP contribution in [-0.2, 0) is 10.0 Å². The molecule has 114 valence electrons. The minimum absolute atomic E-state index is 0.451. The van der Waals surface area contributed by atoms with Gasteiger partial charge < -0.3 is 5.32 Å². The van der Waals surface area contributed by atoms with Crippen molar-refractivity contribution in [3.05, 3.63) is 15.4 Å². The number of piperidine rings is 1. The molecule has 4 nitrogen and oxygen atoms in total. The lowest BCUT2D eigenvalue weighted by Crippen LogP contribution is -2.40. The molecule has 1 N–H and O–H groups in total. The summed E-state index contributed by atoms with van der Waals surface area (Å²) in [5.41, 5.74) is 0.982. The maximum Gasteiger partial charge on any atom is 0.252 e. The van der Waals surface area contributed by atoms with Gasteiger partial charge in [-0.15, -0.1) is 11.3 Å². The molecule has 7 heteroatoms. The van der Waals surface area contributed by atoms with Crippen LogP contribution in [0.25, 0.3) is 0 Å². The summed E-state index contributed by atoms with van der Waals surface area (Å²) in [4.78, 5) is 0. The summed E-state index contributed by atoms with van der Waals surface area (Å²) in [5, 5.41) is 3.34. The van der Waals surface area contributed by atoms with Gasteiger partial charge in [0.15, 0.2) is 0 Å². The number of aryl methyl sites for hydroxylation is 1. The quantitative estimate of drug-likeness (QED) is 0.853. The molecule has 1 fully saturated rings. The summed E-state index contributed by atoms with van der Waals surface area (Å²) in [5.74, 6) is 0.596. The Morgan fingerprint density at radius 2 is 2.10 bits per heavy atom. The molecule has 0 unspecified atom stereocenters. The molecule has 0 aliphatic carbocycles. The maximum absolute atomic E-state index is 12.6. The Morgan fingerprint density at radius 1 is 1.45 bits per heavy atom. The van der Waals surface area contributed by atoms with Crippen molar-refractivity contribution >= 4 is 37.3 Å². The van der Waals surface area contributed by atoms with Gasteiger partial charge in [0.1, 0.15) is 4.21 Å². The van der Waals surface area contributed by atoms with E-state index < -0.39 is 10.0 Å². The van der Waals surface area contributed by atoms with E-state index in [1.165, 1.54) is 11.3 Å². The first-order valence-electron chi connectivity index (χ1n) is 6.92.